The normalized spacial score (nSPS) is 14.1. The number of carbonyl (C=O) groups is 1. The highest BCUT2D eigenvalue weighted by Crippen LogP contribution is 2.20. The molecule has 1 aromatic carbocycles. The molecule has 1 aliphatic carbocycles. The third kappa shape index (κ3) is 3.45. The van der Waals surface area contributed by atoms with Crippen molar-refractivity contribution in [2.24, 2.45) is 0 Å². The second kappa shape index (κ2) is 5.17. The molecule has 0 radical (unpaired) electrons. The predicted molar refractivity (Wildman–Crippen MR) is 65.8 cm³/mol. The molecule has 4 nitrogen and oxygen atoms in total. The molecule has 0 aromatic heterocycles. The summed E-state index contributed by atoms with van der Waals surface area (Å²) in [5.41, 5.74) is 1.01. The van der Waals surface area contributed by atoms with Crippen molar-refractivity contribution in [1.29, 1.82) is 5.26 Å². The molecule has 2 N–H and O–H groups in total. The van der Waals surface area contributed by atoms with Gasteiger partial charge >= 0.3 is 0 Å². The van der Waals surface area contributed by atoms with Crippen molar-refractivity contribution >= 4 is 23.2 Å². The molecule has 0 spiro atoms. The SMILES string of the molecule is N#Cc1ccc(NC(=O)CNC2CC2)cc1Cl. The van der Waals surface area contributed by atoms with Gasteiger partial charge in [0.1, 0.15) is 6.07 Å². The molecule has 1 aliphatic rings. The first kappa shape index (κ1) is 11.9. The van der Waals surface area contributed by atoms with E-state index in [0.717, 1.165) is 12.8 Å². The zero-order valence-electron chi connectivity index (χ0n) is 9.16. The summed E-state index contributed by atoms with van der Waals surface area (Å²) in [5.74, 6) is -0.0994. The molecule has 0 aliphatic heterocycles. The predicted octanol–water partition coefficient (Wildman–Crippen LogP) is 1.90. The molecule has 0 unspecified atom stereocenters. The van der Waals surface area contributed by atoms with E-state index in [2.05, 4.69) is 10.6 Å². The largest absolute Gasteiger partial charge is 0.325 e. The van der Waals surface area contributed by atoms with E-state index in [4.69, 9.17) is 16.9 Å². The zero-order chi connectivity index (χ0) is 12.3. The Morgan fingerprint density at radius 2 is 2.29 bits per heavy atom. The monoisotopic (exact) mass is 249 g/mol. The lowest BCUT2D eigenvalue weighted by molar-refractivity contribution is -0.115. The third-order valence-corrected chi connectivity index (χ3v) is 2.81. The summed E-state index contributed by atoms with van der Waals surface area (Å²) in [5, 5.41) is 14.9. The van der Waals surface area contributed by atoms with Crippen LogP contribution in [0.5, 0.6) is 0 Å². The van der Waals surface area contributed by atoms with Crippen LogP contribution in [0.3, 0.4) is 0 Å². The van der Waals surface area contributed by atoms with Gasteiger partial charge in [0.05, 0.1) is 17.1 Å². The Labute approximate surface area is 105 Å². The fraction of sp³-hybridized carbons (Fsp3) is 0.333. The van der Waals surface area contributed by atoms with Gasteiger partial charge in [-0.1, -0.05) is 11.6 Å². The van der Waals surface area contributed by atoms with Crippen LogP contribution >= 0.6 is 11.6 Å². The Morgan fingerprint density at radius 1 is 1.53 bits per heavy atom. The topological polar surface area (TPSA) is 64.9 Å². The van der Waals surface area contributed by atoms with Crippen molar-refractivity contribution in [2.75, 3.05) is 11.9 Å². The minimum Gasteiger partial charge on any atom is -0.325 e. The van der Waals surface area contributed by atoms with Crippen molar-refractivity contribution < 1.29 is 4.79 Å². The highest BCUT2D eigenvalue weighted by molar-refractivity contribution is 6.32. The maximum atomic E-state index is 11.5. The van der Waals surface area contributed by atoms with E-state index in [-0.39, 0.29) is 5.91 Å². The average molecular weight is 250 g/mol. The van der Waals surface area contributed by atoms with Crippen LogP contribution in [0.25, 0.3) is 0 Å². The standard InChI is InChI=1S/C12H12ClN3O/c13-11-5-10(2-1-8(11)6-14)16-12(17)7-15-9-3-4-9/h1-2,5,9,15H,3-4,7H2,(H,16,17). The Kier molecular flexibility index (Phi) is 3.62. The second-order valence-corrected chi connectivity index (χ2v) is 4.42. The van der Waals surface area contributed by atoms with Gasteiger partial charge in [-0.05, 0) is 31.0 Å². The lowest BCUT2D eigenvalue weighted by Gasteiger charge is -2.06. The number of hydrogen-bond acceptors (Lipinski definition) is 3. The molecule has 1 aromatic rings. The number of rotatable bonds is 4. The summed E-state index contributed by atoms with van der Waals surface area (Å²) in [4.78, 5) is 11.5. The Bertz CT molecular complexity index is 477. The average Bonchev–Trinajstić information content (AvgIpc) is 3.10. The quantitative estimate of drug-likeness (QED) is 0.857. The number of nitrogens with one attached hydrogen (secondary N) is 2. The van der Waals surface area contributed by atoms with Crippen LogP contribution in [0, 0.1) is 11.3 Å². The maximum absolute atomic E-state index is 11.5. The van der Waals surface area contributed by atoms with Gasteiger partial charge in [0.2, 0.25) is 5.91 Å². The van der Waals surface area contributed by atoms with Crippen molar-refractivity contribution in [3.63, 3.8) is 0 Å². The van der Waals surface area contributed by atoms with Gasteiger partial charge in [-0.2, -0.15) is 5.26 Å². The Morgan fingerprint density at radius 3 is 2.88 bits per heavy atom. The molecule has 0 saturated heterocycles. The highest BCUT2D eigenvalue weighted by atomic mass is 35.5. The van der Waals surface area contributed by atoms with E-state index in [9.17, 15) is 4.79 Å². The van der Waals surface area contributed by atoms with Crippen LogP contribution in [0.4, 0.5) is 5.69 Å². The van der Waals surface area contributed by atoms with E-state index in [0.29, 0.717) is 28.9 Å². The van der Waals surface area contributed by atoms with Crippen LogP contribution in [0.1, 0.15) is 18.4 Å². The van der Waals surface area contributed by atoms with Crippen molar-refractivity contribution in [2.45, 2.75) is 18.9 Å². The molecule has 5 heteroatoms. The molecule has 0 bridgehead atoms. The van der Waals surface area contributed by atoms with E-state index in [1.807, 2.05) is 6.07 Å². The minimum absolute atomic E-state index is 0.0994. The van der Waals surface area contributed by atoms with Gasteiger partial charge in [-0.3, -0.25) is 4.79 Å². The Hall–Kier alpha value is -1.57. The first-order valence-corrected chi connectivity index (χ1v) is 5.79. The van der Waals surface area contributed by atoms with Gasteiger partial charge < -0.3 is 10.6 Å². The maximum Gasteiger partial charge on any atom is 0.238 e. The van der Waals surface area contributed by atoms with Crippen LogP contribution in [0.15, 0.2) is 18.2 Å². The van der Waals surface area contributed by atoms with Crippen LogP contribution in [-0.4, -0.2) is 18.5 Å². The number of benzene rings is 1. The van der Waals surface area contributed by atoms with Crippen molar-refractivity contribution in [3.05, 3.63) is 28.8 Å². The summed E-state index contributed by atoms with van der Waals surface area (Å²) in [6, 6.07) is 7.31. The van der Waals surface area contributed by atoms with Crippen molar-refractivity contribution in [3.8, 4) is 6.07 Å². The molecule has 1 amide bonds. The summed E-state index contributed by atoms with van der Waals surface area (Å²) in [6.07, 6.45) is 2.30. The molecule has 2 rings (SSSR count). The van der Waals surface area contributed by atoms with Crippen LogP contribution in [-0.2, 0) is 4.79 Å². The fourth-order valence-electron chi connectivity index (χ4n) is 1.41. The summed E-state index contributed by atoms with van der Waals surface area (Å²) < 4.78 is 0. The number of halogens is 1. The van der Waals surface area contributed by atoms with Gasteiger partial charge in [0, 0.05) is 11.7 Å². The molecule has 1 saturated carbocycles. The highest BCUT2D eigenvalue weighted by Gasteiger charge is 2.21. The van der Waals surface area contributed by atoms with Crippen LogP contribution in [0.2, 0.25) is 5.02 Å². The summed E-state index contributed by atoms with van der Waals surface area (Å²) >= 11 is 5.86. The molecule has 0 atom stereocenters. The summed E-state index contributed by atoms with van der Waals surface area (Å²) in [6.45, 7) is 0.308. The van der Waals surface area contributed by atoms with E-state index < -0.39 is 0 Å². The molecule has 1 fully saturated rings. The van der Waals surface area contributed by atoms with Gasteiger partial charge in [-0.15, -0.1) is 0 Å². The Balaban J connectivity index is 1.91. The van der Waals surface area contributed by atoms with E-state index >= 15 is 0 Å². The molecular weight excluding hydrogens is 238 g/mol. The summed E-state index contributed by atoms with van der Waals surface area (Å²) in [7, 11) is 0. The first-order chi connectivity index (χ1) is 8.19. The zero-order valence-corrected chi connectivity index (χ0v) is 9.92. The smallest absolute Gasteiger partial charge is 0.238 e. The molecule has 0 heterocycles. The third-order valence-electron chi connectivity index (χ3n) is 2.50. The first-order valence-electron chi connectivity index (χ1n) is 5.42. The molecular formula is C12H12ClN3O. The number of nitriles is 1. The number of anilines is 1. The number of hydrogen-bond donors (Lipinski definition) is 2. The molecule has 88 valence electrons. The number of carbonyl (C=O) groups excluding carboxylic acids is 1. The minimum atomic E-state index is -0.0994. The van der Waals surface area contributed by atoms with Crippen LogP contribution < -0.4 is 10.6 Å². The van der Waals surface area contributed by atoms with Crippen molar-refractivity contribution in [1.82, 2.24) is 5.32 Å². The van der Waals surface area contributed by atoms with Gasteiger partial charge in [-0.25, -0.2) is 0 Å². The van der Waals surface area contributed by atoms with Gasteiger partial charge in [0.25, 0.3) is 0 Å². The lowest BCUT2D eigenvalue weighted by atomic mass is 10.2. The number of amides is 1. The van der Waals surface area contributed by atoms with E-state index in [1.54, 1.807) is 18.2 Å². The lowest BCUT2D eigenvalue weighted by Crippen LogP contribution is -2.29. The second-order valence-electron chi connectivity index (χ2n) is 4.01. The molecule has 17 heavy (non-hydrogen) atoms. The van der Waals surface area contributed by atoms with E-state index in [1.165, 1.54) is 0 Å². The number of nitrogens with zero attached hydrogens (tertiary/aromatic N) is 1. The van der Waals surface area contributed by atoms with Gasteiger partial charge in [0.15, 0.2) is 0 Å². The fourth-order valence-corrected chi connectivity index (χ4v) is 1.64.